The molecular formula is C28H34N4O3. The minimum Gasteiger partial charge on any atom is -0.358 e. The fourth-order valence-electron chi connectivity index (χ4n) is 5.52. The summed E-state index contributed by atoms with van der Waals surface area (Å²) in [6, 6.07) is 15.5. The molecule has 5 rings (SSSR count). The first-order valence-corrected chi connectivity index (χ1v) is 12.9. The molecule has 0 aliphatic carbocycles. The zero-order chi connectivity index (χ0) is 24.4. The predicted octanol–water partition coefficient (Wildman–Crippen LogP) is 3.55. The van der Waals surface area contributed by atoms with E-state index in [-0.39, 0.29) is 36.2 Å². The largest absolute Gasteiger partial charge is 0.358 e. The van der Waals surface area contributed by atoms with Gasteiger partial charge in [0.2, 0.25) is 11.8 Å². The molecule has 0 spiro atoms. The van der Waals surface area contributed by atoms with Gasteiger partial charge in [0.05, 0.1) is 11.4 Å². The average Bonchev–Trinajstić information content (AvgIpc) is 3.44. The van der Waals surface area contributed by atoms with Crippen LogP contribution in [-0.2, 0) is 9.59 Å². The Morgan fingerprint density at radius 3 is 2.49 bits per heavy atom. The van der Waals surface area contributed by atoms with Crippen molar-refractivity contribution in [2.45, 2.75) is 51.0 Å². The van der Waals surface area contributed by atoms with Crippen molar-refractivity contribution in [2.24, 2.45) is 0 Å². The third-order valence-corrected chi connectivity index (χ3v) is 7.55. The van der Waals surface area contributed by atoms with E-state index in [1.165, 1.54) is 0 Å². The van der Waals surface area contributed by atoms with Crippen LogP contribution in [0.25, 0.3) is 0 Å². The van der Waals surface area contributed by atoms with Gasteiger partial charge in [-0.25, -0.2) is 0 Å². The number of benzene rings is 2. The van der Waals surface area contributed by atoms with E-state index in [1.54, 1.807) is 4.90 Å². The van der Waals surface area contributed by atoms with Gasteiger partial charge in [0.15, 0.2) is 0 Å². The molecule has 0 aromatic heterocycles. The summed E-state index contributed by atoms with van der Waals surface area (Å²) in [6.45, 7) is 4.90. The monoisotopic (exact) mass is 474 g/mol. The Hall–Kier alpha value is -3.35. The smallest absolute Gasteiger partial charge is 0.253 e. The van der Waals surface area contributed by atoms with Gasteiger partial charge in [-0.3, -0.25) is 19.3 Å². The Morgan fingerprint density at radius 2 is 1.71 bits per heavy atom. The molecule has 2 fully saturated rings. The molecule has 0 saturated carbocycles. The number of anilines is 2. The molecule has 0 radical (unpaired) electrons. The van der Waals surface area contributed by atoms with E-state index in [2.05, 4.69) is 29.3 Å². The van der Waals surface area contributed by atoms with Gasteiger partial charge in [-0.15, -0.1) is 0 Å². The second-order valence-electron chi connectivity index (χ2n) is 9.95. The number of nitrogens with zero attached hydrogens (tertiary/aromatic N) is 3. The molecule has 2 saturated heterocycles. The van der Waals surface area contributed by atoms with Crippen molar-refractivity contribution in [3.05, 3.63) is 59.7 Å². The number of hydrogen-bond donors (Lipinski definition) is 1. The number of carbonyl (C=O) groups excluding carboxylic acids is 3. The number of carbonyl (C=O) groups is 3. The van der Waals surface area contributed by atoms with Crippen LogP contribution in [0.15, 0.2) is 48.5 Å². The van der Waals surface area contributed by atoms with Crippen LogP contribution in [0.1, 0.15) is 60.9 Å². The van der Waals surface area contributed by atoms with Crippen molar-refractivity contribution >= 4 is 29.1 Å². The maximum absolute atomic E-state index is 13.6. The molecule has 7 nitrogen and oxygen atoms in total. The average molecular weight is 475 g/mol. The van der Waals surface area contributed by atoms with Gasteiger partial charge in [0.25, 0.3) is 5.91 Å². The lowest BCUT2D eigenvalue weighted by molar-refractivity contribution is -0.125. The van der Waals surface area contributed by atoms with E-state index in [0.29, 0.717) is 17.8 Å². The highest BCUT2D eigenvalue weighted by Crippen LogP contribution is 2.40. The van der Waals surface area contributed by atoms with Crippen LogP contribution in [0.3, 0.4) is 0 Å². The second-order valence-corrected chi connectivity index (χ2v) is 9.95. The lowest BCUT2D eigenvalue weighted by atomic mass is 9.95. The van der Waals surface area contributed by atoms with Crippen LogP contribution >= 0.6 is 0 Å². The summed E-state index contributed by atoms with van der Waals surface area (Å²) in [5.74, 6) is -0.0653. The van der Waals surface area contributed by atoms with E-state index in [0.717, 1.165) is 63.0 Å². The van der Waals surface area contributed by atoms with Crippen molar-refractivity contribution in [3.63, 3.8) is 0 Å². The van der Waals surface area contributed by atoms with Crippen molar-refractivity contribution in [3.8, 4) is 0 Å². The Kier molecular flexibility index (Phi) is 6.75. The van der Waals surface area contributed by atoms with Gasteiger partial charge in [-0.1, -0.05) is 37.3 Å². The molecular weight excluding hydrogens is 440 g/mol. The first kappa shape index (κ1) is 23.4. The minimum absolute atomic E-state index is 0.000367. The van der Waals surface area contributed by atoms with E-state index < -0.39 is 0 Å². The zero-order valence-corrected chi connectivity index (χ0v) is 20.4. The molecule has 0 bridgehead atoms. The van der Waals surface area contributed by atoms with Gasteiger partial charge in [-0.05, 0) is 61.8 Å². The third kappa shape index (κ3) is 4.77. The number of hydrogen-bond acceptors (Lipinski definition) is 4. The number of amides is 3. The van der Waals surface area contributed by atoms with Crippen molar-refractivity contribution < 1.29 is 14.4 Å². The van der Waals surface area contributed by atoms with Crippen LogP contribution < -0.4 is 15.1 Å². The SMILES string of the molecule is C[C@@H](CNC(=O)CN1C(=O)[C@@H]2CCCCN2c2ccc(C(=O)N3CCCC3)cc21)c1ccccc1. The Bertz CT molecular complexity index is 1100. The Balaban J connectivity index is 1.37. The molecule has 3 amide bonds. The van der Waals surface area contributed by atoms with Crippen LogP contribution in [-0.4, -0.2) is 61.4 Å². The van der Waals surface area contributed by atoms with Crippen molar-refractivity contribution in [1.82, 2.24) is 10.2 Å². The molecule has 3 heterocycles. The van der Waals surface area contributed by atoms with Gasteiger partial charge in [-0.2, -0.15) is 0 Å². The summed E-state index contributed by atoms with van der Waals surface area (Å²) in [4.78, 5) is 45.3. The summed E-state index contributed by atoms with van der Waals surface area (Å²) in [7, 11) is 0. The predicted molar refractivity (Wildman–Crippen MR) is 137 cm³/mol. The summed E-state index contributed by atoms with van der Waals surface area (Å²) in [5, 5.41) is 3.01. The maximum atomic E-state index is 13.6. The molecule has 2 aromatic carbocycles. The van der Waals surface area contributed by atoms with Crippen LogP contribution in [0, 0.1) is 0 Å². The van der Waals surface area contributed by atoms with E-state index >= 15 is 0 Å². The summed E-state index contributed by atoms with van der Waals surface area (Å²) in [6.07, 6.45) is 4.88. The van der Waals surface area contributed by atoms with Crippen molar-refractivity contribution in [1.29, 1.82) is 0 Å². The quantitative estimate of drug-likeness (QED) is 0.695. The van der Waals surface area contributed by atoms with Crippen molar-refractivity contribution in [2.75, 3.05) is 42.5 Å². The molecule has 184 valence electrons. The number of nitrogens with one attached hydrogen (secondary N) is 1. The second kappa shape index (κ2) is 10.1. The minimum atomic E-state index is -0.243. The summed E-state index contributed by atoms with van der Waals surface area (Å²) in [5.41, 5.74) is 3.36. The van der Waals surface area contributed by atoms with Gasteiger partial charge in [0.1, 0.15) is 12.6 Å². The molecule has 7 heteroatoms. The Morgan fingerprint density at radius 1 is 0.971 bits per heavy atom. The van der Waals surface area contributed by atoms with Gasteiger partial charge in [0, 0.05) is 31.7 Å². The summed E-state index contributed by atoms with van der Waals surface area (Å²) < 4.78 is 0. The highest BCUT2D eigenvalue weighted by molar-refractivity contribution is 6.09. The van der Waals surface area contributed by atoms with E-state index in [9.17, 15) is 14.4 Å². The zero-order valence-electron chi connectivity index (χ0n) is 20.4. The molecule has 35 heavy (non-hydrogen) atoms. The van der Waals surface area contributed by atoms with E-state index in [1.807, 2.05) is 41.3 Å². The molecule has 2 atom stereocenters. The van der Waals surface area contributed by atoms with Gasteiger partial charge < -0.3 is 15.1 Å². The lowest BCUT2D eigenvalue weighted by Gasteiger charge is -2.45. The molecule has 2 aromatic rings. The topological polar surface area (TPSA) is 73.0 Å². The molecule has 3 aliphatic heterocycles. The Labute approximate surface area is 207 Å². The number of likely N-dealkylation sites (tertiary alicyclic amines) is 1. The number of fused-ring (bicyclic) bond motifs is 3. The third-order valence-electron chi connectivity index (χ3n) is 7.55. The highest BCUT2D eigenvalue weighted by atomic mass is 16.2. The van der Waals surface area contributed by atoms with Crippen LogP contribution in [0.4, 0.5) is 11.4 Å². The first-order chi connectivity index (χ1) is 17.0. The van der Waals surface area contributed by atoms with Crippen LogP contribution in [0.2, 0.25) is 0 Å². The molecule has 3 aliphatic rings. The van der Waals surface area contributed by atoms with Crippen LogP contribution in [0.5, 0.6) is 0 Å². The molecule has 1 N–H and O–H groups in total. The fraction of sp³-hybridized carbons (Fsp3) is 0.464. The standard InChI is InChI=1S/C28H34N4O3/c1-20(21-9-3-2-4-10-21)18-29-26(33)19-32-25-17-22(27(34)30-14-7-8-15-30)12-13-23(25)31-16-6-5-11-24(31)28(32)35/h2-4,9-10,12-13,17,20,24H,5-8,11,14-16,18-19H2,1H3,(H,29,33)/t20-,24-/m0/s1. The fourth-order valence-corrected chi connectivity index (χ4v) is 5.52. The highest BCUT2D eigenvalue weighted by Gasteiger charge is 2.40. The number of piperidine rings is 1. The number of rotatable bonds is 6. The normalized spacial score (nSPS) is 20.3. The lowest BCUT2D eigenvalue weighted by Crippen LogP contribution is -2.57. The molecule has 0 unspecified atom stereocenters. The van der Waals surface area contributed by atoms with E-state index in [4.69, 9.17) is 0 Å². The maximum Gasteiger partial charge on any atom is 0.253 e. The summed E-state index contributed by atoms with van der Waals surface area (Å²) >= 11 is 0. The first-order valence-electron chi connectivity index (χ1n) is 12.9. The van der Waals surface area contributed by atoms with Gasteiger partial charge >= 0.3 is 0 Å².